The standard InChI is InChI=1S/C8H10.BrH.Hg/c1-2-8-6-4-3-5-7-8;;/h2-6H,7H2,1H3;1H;/q;;+1/p-1/b8-2+;;. The summed E-state index contributed by atoms with van der Waals surface area (Å²) in [6.07, 6.45) is 11.7. The van der Waals surface area contributed by atoms with Crippen molar-refractivity contribution in [3.63, 3.8) is 0 Å². The normalized spacial score (nSPS) is 17.9. The van der Waals surface area contributed by atoms with Crippen LogP contribution in [0, 0.1) is 0 Å². The Morgan fingerprint density at radius 2 is 2.10 bits per heavy atom. The molecule has 51 valence electrons. The Morgan fingerprint density at radius 1 is 1.40 bits per heavy atom. The Kier molecular flexibility index (Phi) is 10.2. The average molecular weight is 387 g/mol. The number of rotatable bonds is 0. The fourth-order valence-electron chi connectivity index (χ4n) is 0.744. The molecule has 0 atom stereocenters. The molecule has 1 rings (SSSR count). The zero-order valence-electron chi connectivity index (χ0n) is 6.18. The molecule has 0 amide bonds. The molecule has 1 radical (unpaired) electrons. The van der Waals surface area contributed by atoms with Crippen LogP contribution < -0.4 is 17.0 Å². The van der Waals surface area contributed by atoms with Crippen molar-refractivity contribution in [3.05, 3.63) is 36.0 Å². The average Bonchev–Trinajstić information content (AvgIpc) is 1.90. The summed E-state index contributed by atoms with van der Waals surface area (Å²) in [5.74, 6) is 0. The number of halogens is 1. The van der Waals surface area contributed by atoms with Crippen molar-refractivity contribution in [1.29, 1.82) is 0 Å². The quantitative estimate of drug-likeness (QED) is 0.490. The summed E-state index contributed by atoms with van der Waals surface area (Å²) >= 11 is 0. The van der Waals surface area contributed by atoms with Crippen LogP contribution in [0.3, 0.4) is 0 Å². The van der Waals surface area contributed by atoms with Gasteiger partial charge in [0, 0.05) is 0 Å². The summed E-state index contributed by atoms with van der Waals surface area (Å²) < 4.78 is 0. The van der Waals surface area contributed by atoms with E-state index in [-0.39, 0.29) is 44.7 Å². The van der Waals surface area contributed by atoms with E-state index >= 15 is 0 Å². The van der Waals surface area contributed by atoms with Gasteiger partial charge in [0.15, 0.2) is 0 Å². The van der Waals surface area contributed by atoms with Gasteiger partial charge < -0.3 is 17.0 Å². The maximum absolute atomic E-state index is 2.16. The van der Waals surface area contributed by atoms with Crippen molar-refractivity contribution in [3.8, 4) is 0 Å². The van der Waals surface area contributed by atoms with Gasteiger partial charge in [-0.15, -0.1) is 0 Å². The third kappa shape index (κ3) is 4.45. The Balaban J connectivity index is 0. The van der Waals surface area contributed by atoms with Gasteiger partial charge in [0.25, 0.3) is 0 Å². The Labute approximate surface area is 93.4 Å². The Bertz CT molecular complexity index is 157. The van der Waals surface area contributed by atoms with Gasteiger partial charge in [0.2, 0.25) is 0 Å². The van der Waals surface area contributed by atoms with Crippen LogP contribution >= 0.6 is 0 Å². The molecular weight excluding hydrogens is 377 g/mol. The molecular formula is C8H10BrHg. The van der Waals surface area contributed by atoms with E-state index in [9.17, 15) is 0 Å². The van der Waals surface area contributed by atoms with Crippen molar-refractivity contribution in [2.75, 3.05) is 0 Å². The van der Waals surface area contributed by atoms with Gasteiger partial charge in [0.05, 0.1) is 0 Å². The fourth-order valence-corrected chi connectivity index (χ4v) is 0.744. The second-order valence-electron chi connectivity index (χ2n) is 1.85. The van der Waals surface area contributed by atoms with Crippen LogP contribution in [0.4, 0.5) is 0 Å². The van der Waals surface area contributed by atoms with Crippen LogP contribution in [0.15, 0.2) is 36.0 Å². The summed E-state index contributed by atoms with van der Waals surface area (Å²) in [7, 11) is 0. The molecule has 0 bridgehead atoms. The third-order valence-corrected chi connectivity index (χ3v) is 1.28. The molecule has 0 aromatic rings. The van der Waals surface area contributed by atoms with Crippen molar-refractivity contribution in [2.24, 2.45) is 0 Å². The van der Waals surface area contributed by atoms with Gasteiger partial charge in [0.1, 0.15) is 0 Å². The largest absolute Gasteiger partial charge is 1.00 e. The van der Waals surface area contributed by atoms with E-state index in [4.69, 9.17) is 0 Å². The van der Waals surface area contributed by atoms with E-state index in [1.807, 2.05) is 0 Å². The van der Waals surface area contributed by atoms with Gasteiger partial charge in [-0.1, -0.05) is 30.4 Å². The molecule has 0 saturated heterocycles. The van der Waals surface area contributed by atoms with Crippen molar-refractivity contribution in [2.45, 2.75) is 13.3 Å². The summed E-state index contributed by atoms with van der Waals surface area (Å²) in [5, 5.41) is 0. The molecule has 10 heavy (non-hydrogen) atoms. The monoisotopic (exact) mass is 387 g/mol. The smallest absolute Gasteiger partial charge is 1.00 e. The molecule has 0 aromatic carbocycles. The van der Waals surface area contributed by atoms with Crippen LogP contribution in [0.1, 0.15) is 13.3 Å². The van der Waals surface area contributed by atoms with Crippen LogP contribution in [-0.2, 0) is 27.7 Å². The van der Waals surface area contributed by atoms with Gasteiger partial charge in [-0.05, 0) is 18.9 Å². The molecule has 0 saturated carbocycles. The second-order valence-corrected chi connectivity index (χ2v) is 1.85. The van der Waals surface area contributed by atoms with Gasteiger partial charge in [-0.3, -0.25) is 0 Å². The fraction of sp³-hybridized carbons (Fsp3) is 0.250. The predicted molar refractivity (Wildman–Crippen MR) is 36.7 cm³/mol. The van der Waals surface area contributed by atoms with E-state index in [2.05, 4.69) is 37.3 Å². The molecule has 1 aliphatic carbocycles. The summed E-state index contributed by atoms with van der Waals surface area (Å²) in [6, 6.07) is 0. The maximum Gasteiger partial charge on any atom is 1.00 e. The molecule has 0 heterocycles. The summed E-state index contributed by atoms with van der Waals surface area (Å²) in [4.78, 5) is 0. The van der Waals surface area contributed by atoms with E-state index in [0.29, 0.717) is 0 Å². The predicted octanol–water partition coefficient (Wildman–Crippen LogP) is -0.550. The molecule has 0 N–H and O–H groups in total. The molecule has 2 heteroatoms. The van der Waals surface area contributed by atoms with E-state index in [0.717, 1.165) is 6.42 Å². The van der Waals surface area contributed by atoms with Crippen molar-refractivity contribution < 1.29 is 44.7 Å². The third-order valence-electron chi connectivity index (χ3n) is 1.28. The van der Waals surface area contributed by atoms with E-state index in [1.54, 1.807) is 0 Å². The molecule has 0 nitrogen and oxygen atoms in total. The van der Waals surface area contributed by atoms with Crippen LogP contribution in [0.2, 0.25) is 0 Å². The zero-order valence-corrected chi connectivity index (χ0v) is 13.3. The Hall–Kier alpha value is 0.635. The molecule has 1 aliphatic rings. The molecule has 0 aromatic heterocycles. The minimum absolute atomic E-state index is 0. The summed E-state index contributed by atoms with van der Waals surface area (Å²) in [6.45, 7) is 2.07. The maximum atomic E-state index is 2.16. The van der Waals surface area contributed by atoms with E-state index < -0.39 is 0 Å². The number of allylic oxidation sites excluding steroid dienone is 6. The number of hydrogen-bond donors (Lipinski definition) is 0. The van der Waals surface area contributed by atoms with Crippen molar-refractivity contribution in [1.82, 2.24) is 0 Å². The summed E-state index contributed by atoms with van der Waals surface area (Å²) in [5.41, 5.74) is 1.41. The Morgan fingerprint density at radius 3 is 2.40 bits per heavy atom. The first-order chi connectivity index (χ1) is 3.93. The molecule has 0 aliphatic heterocycles. The van der Waals surface area contributed by atoms with Crippen LogP contribution in [0.25, 0.3) is 0 Å². The first kappa shape index (κ1) is 13.2. The minimum Gasteiger partial charge on any atom is -1.00 e. The van der Waals surface area contributed by atoms with Gasteiger partial charge in [-0.25, -0.2) is 0 Å². The first-order valence-electron chi connectivity index (χ1n) is 2.92. The van der Waals surface area contributed by atoms with Crippen molar-refractivity contribution >= 4 is 0 Å². The van der Waals surface area contributed by atoms with Crippen LogP contribution in [-0.4, -0.2) is 0 Å². The van der Waals surface area contributed by atoms with E-state index in [1.165, 1.54) is 5.57 Å². The van der Waals surface area contributed by atoms with Crippen LogP contribution in [0.5, 0.6) is 0 Å². The SMILES string of the molecule is C/C=C1\C=CC=CC1.[Br-].[Hg+]. The van der Waals surface area contributed by atoms with Gasteiger partial charge >= 0.3 is 27.7 Å². The first-order valence-corrected chi connectivity index (χ1v) is 2.92. The molecule has 0 unspecified atom stereocenters. The topological polar surface area (TPSA) is 0 Å². The second kappa shape index (κ2) is 7.74. The van der Waals surface area contributed by atoms with Gasteiger partial charge in [-0.2, -0.15) is 0 Å². The molecule has 0 spiro atoms. The minimum atomic E-state index is 0. The zero-order chi connectivity index (χ0) is 5.82. The molecule has 0 fully saturated rings. The number of hydrogen-bond acceptors (Lipinski definition) is 0.